The number of ether oxygens (including phenoxy) is 1. The van der Waals surface area contributed by atoms with Gasteiger partial charge in [0.1, 0.15) is 5.60 Å². The van der Waals surface area contributed by atoms with Gasteiger partial charge in [-0.2, -0.15) is 11.8 Å². The first-order chi connectivity index (χ1) is 9.26. The molecule has 1 N–H and O–H groups in total. The molecule has 0 radical (unpaired) electrons. The summed E-state index contributed by atoms with van der Waals surface area (Å²) in [6, 6.07) is 0. The highest BCUT2D eigenvalue weighted by molar-refractivity contribution is 7.98. The van der Waals surface area contributed by atoms with Gasteiger partial charge in [0.05, 0.1) is 0 Å². The molecule has 0 aromatic carbocycles. The second-order valence-corrected chi connectivity index (χ2v) is 7.36. The van der Waals surface area contributed by atoms with Gasteiger partial charge in [-0.3, -0.25) is 0 Å². The molecule has 0 aliphatic heterocycles. The lowest BCUT2D eigenvalue weighted by molar-refractivity contribution is 0.0277. The van der Waals surface area contributed by atoms with Crippen molar-refractivity contribution in [2.45, 2.75) is 46.1 Å². The average molecular weight is 305 g/mol. The van der Waals surface area contributed by atoms with E-state index in [9.17, 15) is 4.79 Å². The maximum Gasteiger partial charge on any atom is 0.410 e. The molecule has 0 aliphatic rings. The van der Waals surface area contributed by atoms with Crippen molar-refractivity contribution in [1.29, 1.82) is 0 Å². The van der Waals surface area contributed by atoms with E-state index in [4.69, 9.17) is 4.74 Å². The van der Waals surface area contributed by atoms with Crippen LogP contribution >= 0.6 is 11.8 Å². The maximum atomic E-state index is 11.8. The Bertz CT molecular complexity index is 267. The smallest absolute Gasteiger partial charge is 0.410 e. The van der Waals surface area contributed by atoms with E-state index in [0.717, 1.165) is 13.1 Å². The first kappa shape index (κ1) is 19.6. The third-order valence-electron chi connectivity index (χ3n) is 2.74. The lowest BCUT2D eigenvalue weighted by atomic mass is 10.1. The van der Waals surface area contributed by atoms with Crippen LogP contribution in [0.1, 0.15) is 40.5 Å². The zero-order valence-electron chi connectivity index (χ0n) is 14.0. The number of unbranched alkanes of at least 4 members (excludes halogenated alkanes) is 1. The molecule has 0 spiro atoms. The highest BCUT2D eigenvalue weighted by atomic mass is 32.2. The summed E-state index contributed by atoms with van der Waals surface area (Å²) in [4.78, 5) is 13.5. The second-order valence-electron chi connectivity index (χ2n) is 6.37. The third-order valence-corrected chi connectivity index (χ3v) is 3.43. The van der Waals surface area contributed by atoms with Crippen molar-refractivity contribution in [3.8, 4) is 0 Å². The first-order valence-corrected chi connectivity index (χ1v) is 8.79. The van der Waals surface area contributed by atoms with Gasteiger partial charge in [-0.05, 0) is 64.6 Å². The van der Waals surface area contributed by atoms with E-state index in [1.165, 1.54) is 18.6 Å². The molecule has 1 unspecified atom stereocenters. The van der Waals surface area contributed by atoms with Crippen LogP contribution in [0, 0.1) is 5.92 Å². The number of nitrogens with zero attached hydrogens (tertiary/aromatic N) is 1. The van der Waals surface area contributed by atoms with E-state index in [0.29, 0.717) is 12.5 Å². The summed E-state index contributed by atoms with van der Waals surface area (Å²) in [5.41, 5.74) is -0.426. The molecule has 0 aromatic heterocycles. The van der Waals surface area contributed by atoms with Crippen molar-refractivity contribution in [1.82, 2.24) is 10.2 Å². The number of rotatable bonds is 9. The predicted molar refractivity (Wildman–Crippen MR) is 88.5 cm³/mol. The Morgan fingerprint density at radius 1 is 1.35 bits per heavy atom. The lowest BCUT2D eigenvalue weighted by Gasteiger charge is -2.26. The van der Waals surface area contributed by atoms with Gasteiger partial charge < -0.3 is 15.0 Å². The normalized spacial score (nSPS) is 13.1. The molecule has 0 saturated heterocycles. The Hall–Kier alpha value is -0.420. The summed E-state index contributed by atoms with van der Waals surface area (Å²) in [7, 11) is 1.79. The Morgan fingerprint density at radius 2 is 2.00 bits per heavy atom. The van der Waals surface area contributed by atoms with E-state index in [2.05, 4.69) is 18.5 Å². The predicted octanol–water partition coefficient (Wildman–Crippen LogP) is 3.22. The van der Waals surface area contributed by atoms with Gasteiger partial charge in [0, 0.05) is 13.6 Å². The van der Waals surface area contributed by atoms with Crippen LogP contribution in [0.2, 0.25) is 0 Å². The molecule has 0 fully saturated rings. The van der Waals surface area contributed by atoms with E-state index in [-0.39, 0.29) is 6.09 Å². The Morgan fingerprint density at radius 3 is 2.55 bits per heavy atom. The van der Waals surface area contributed by atoms with Crippen LogP contribution in [-0.4, -0.2) is 55.3 Å². The summed E-state index contributed by atoms with van der Waals surface area (Å²) in [5.74, 6) is 1.66. The van der Waals surface area contributed by atoms with Crippen molar-refractivity contribution in [3.63, 3.8) is 0 Å². The minimum Gasteiger partial charge on any atom is -0.444 e. The van der Waals surface area contributed by atoms with Crippen LogP contribution in [0.25, 0.3) is 0 Å². The second kappa shape index (κ2) is 10.3. The number of nitrogens with one attached hydrogen (secondary N) is 1. The van der Waals surface area contributed by atoms with Crippen molar-refractivity contribution in [2.75, 3.05) is 38.7 Å². The van der Waals surface area contributed by atoms with E-state index in [1.807, 2.05) is 32.5 Å². The summed E-state index contributed by atoms with van der Waals surface area (Å²) < 4.78 is 5.33. The summed E-state index contributed by atoms with van der Waals surface area (Å²) in [5, 5.41) is 3.45. The molecule has 1 atom stereocenters. The number of thioether (sulfide) groups is 1. The van der Waals surface area contributed by atoms with Crippen molar-refractivity contribution < 1.29 is 9.53 Å². The summed E-state index contributed by atoms with van der Waals surface area (Å²) in [6.45, 7) is 10.5. The fourth-order valence-corrected chi connectivity index (χ4v) is 2.28. The number of hydrogen-bond acceptors (Lipinski definition) is 4. The molecule has 0 heterocycles. The fraction of sp³-hybridized carbons (Fsp3) is 0.933. The Kier molecular flexibility index (Phi) is 10.1. The van der Waals surface area contributed by atoms with E-state index >= 15 is 0 Å². The monoisotopic (exact) mass is 304 g/mol. The molecule has 120 valence electrons. The molecule has 1 amide bonds. The van der Waals surface area contributed by atoms with Crippen LogP contribution in [0.3, 0.4) is 0 Å². The number of hydrogen-bond donors (Lipinski definition) is 1. The summed E-state index contributed by atoms with van der Waals surface area (Å²) >= 11 is 1.90. The topological polar surface area (TPSA) is 41.6 Å². The summed E-state index contributed by atoms with van der Waals surface area (Å²) in [6.07, 6.45) is 4.38. The van der Waals surface area contributed by atoms with Gasteiger partial charge in [-0.1, -0.05) is 6.92 Å². The molecular weight excluding hydrogens is 272 g/mol. The van der Waals surface area contributed by atoms with Crippen LogP contribution in [0.4, 0.5) is 4.79 Å². The van der Waals surface area contributed by atoms with Gasteiger partial charge in [0.2, 0.25) is 0 Å². The number of carbonyl (C=O) groups is 1. The Balaban J connectivity index is 3.74. The maximum absolute atomic E-state index is 11.8. The van der Waals surface area contributed by atoms with Gasteiger partial charge >= 0.3 is 6.09 Å². The SMILES string of the molecule is CSCCCCNCC(C)CN(C)C(=O)OC(C)(C)C. The standard InChI is InChI=1S/C15H32N2O2S/c1-13(11-16-9-7-8-10-20-6)12-17(5)14(18)19-15(2,3)4/h13,16H,7-12H2,1-6H3. The molecule has 5 heteroatoms. The van der Waals surface area contributed by atoms with Crippen LogP contribution in [0.15, 0.2) is 0 Å². The van der Waals surface area contributed by atoms with Crippen molar-refractivity contribution >= 4 is 17.9 Å². The highest BCUT2D eigenvalue weighted by Crippen LogP contribution is 2.10. The number of amides is 1. The van der Waals surface area contributed by atoms with E-state index < -0.39 is 5.60 Å². The fourth-order valence-electron chi connectivity index (χ4n) is 1.79. The van der Waals surface area contributed by atoms with Gasteiger partial charge in [0.25, 0.3) is 0 Å². The minimum absolute atomic E-state index is 0.246. The van der Waals surface area contributed by atoms with Gasteiger partial charge in [0.15, 0.2) is 0 Å². The largest absolute Gasteiger partial charge is 0.444 e. The first-order valence-electron chi connectivity index (χ1n) is 7.40. The molecule has 0 saturated carbocycles. The zero-order chi connectivity index (χ0) is 15.6. The zero-order valence-corrected chi connectivity index (χ0v) is 14.8. The van der Waals surface area contributed by atoms with Crippen molar-refractivity contribution in [2.24, 2.45) is 5.92 Å². The molecule has 0 rings (SSSR count). The van der Waals surface area contributed by atoms with Gasteiger partial charge in [-0.15, -0.1) is 0 Å². The number of carbonyl (C=O) groups excluding carboxylic acids is 1. The van der Waals surface area contributed by atoms with Crippen LogP contribution < -0.4 is 5.32 Å². The molecule has 0 aliphatic carbocycles. The molecule has 0 bridgehead atoms. The van der Waals surface area contributed by atoms with Crippen LogP contribution in [-0.2, 0) is 4.74 Å². The Labute approximate surface area is 129 Å². The van der Waals surface area contributed by atoms with Gasteiger partial charge in [-0.25, -0.2) is 4.79 Å². The van der Waals surface area contributed by atoms with Crippen LogP contribution in [0.5, 0.6) is 0 Å². The minimum atomic E-state index is -0.426. The quantitative estimate of drug-likeness (QED) is 0.664. The highest BCUT2D eigenvalue weighted by Gasteiger charge is 2.20. The van der Waals surface area contributed by atoms with Crippen molar-refractivity contribution in [3.05, 3.63) is 0 Å². The third kappa shape index (κ3) is 11.4. The molecular formula is C15H32N2O2S. The molecule has 4 nitrogen and oxygen atoms in total. The molecule has 0 aromatic rings. The van der Waals surface area contributed by atoms with E-state index in [1.54, 1.807) is 11.9 Å². The lowest BCUT2D eigenvalue weighted by Crippen LogP contribution is -2.38. The average Bonchev–Trinajstić information content (AvgIpc) is 2.31. The molecule has 20 heavy (non-hydrogen) atoms.